The number of piperazine rings is 2. The van der Waals surface area contributed by atoms with Crippen LogP contribution in [0.1, 0.15) is 5.56 Å². The number of nitrogens with zero attached hydrogens (tertiary/aromatic N) is 7. The van der Waals surface area contributed by atoms with E-state index in [1.54, 1.807) is 4.90 Å². The molecule has 1 N–H and O–H groups in total. The highest BCUT2D eigenvalue weighted by atomic mass is 32.1. The molecule has 10 nitrogen and oxygen atoms in total. The highest BCUT2D eigenvalue weighted by Gasteiger charge is 2.26. The van der Waals surface area contributed by atoms with E-state index in [0.29, 0.717) is 37.6 Å². The average Bonchev–Trinajstić information content (AvgIpc) is 3.58. The molecule has 4 heterocycles. The molecular weight excluding hydrogens is 476 g/mol. The van der Waals surface area contributed by atoms with Crippen molar-refractivity contribution in [1.82, 2.24) is 24.3 Å². The molecule has 2 aliphatic rings. The molecule has 0 aliphatic carbocycles. The number of carbonyl (C=O) groups excluding carboxylic acids is 1. The summed E-state index contributed by atoms with van der Waals surface area (Å²) in [6.45, 7) is 7.47. The summed E-state index contributed by atoms with van der Waals surface area (Å²) in [5, 5.41) is 8.59. The lowest BCUT2D eigenvalue weighted by Gasteiger charge is -2.35. The molecule has 0 radical (unpaired) electrons. The van der Waals surface area contributed by atoms with Crippen LogP contribution >= 0.6 is 11.5 Å². The van der Waals surface area contributed by atoms with E-state index >= 15 is 0 Å². The van der Waals surface area contributed by atoms with E-state index in [4.69, 9.17) is 9.51 Å². The van der Waals surface area contributed by atoms with Crippen molar-refractivity contribution < 1.29 is 9.32 Å². The Balaban J connectivity index is 0.994. The van der Waals surface area contributed by atoms with Gasteiger partial charge in [-0.15, -0.1) is 0 Å². The largest absolute Gasteiger partial charge is 0.354 e. The summed E-state index contributed by atoms with van der Waals surface area (Å²) in [6.07, 6.45) is 0. The van der Waals surface area contributed by atoms with Crippen molar-refractivity contribution in [1.29, 1.82) is 0 Å². The Kier molecular flexibility index (Phi) is 6.39. The standard InChI is InChI=1S/C25H28N8O2S/c34-24(26-22-20-8-4-5-9-21(20)35-28-22)32-14-16-33(17-15-32)25-27-23(29-36-25)31-12-10-30(11-13-31)18-19-6-2-1-3-7-19/h1-9H,10-18H2,(H,26,28,34). The Bertz CT molecular complexity index is 1310. The lowest BCUT2D eigenvalue weighted by molar-refractivity contribution is 0.208. The molecule has 11 heteroatoms. The number of carbonyl (C=O) groups is 1. The van der Waals surface area contributed by atoms with Crippen molar-refractivity contribution in [2.75, 3.05) is 67.5 Å². The van der Waals surface area contributed by atoms with E-state index in [2.05, 4.69) is 59.9 Å². The molecule has 2 amide bonds. The highest BCUT2D eigenvalue weighted by Crippen LogP contribution is 2.25. The van der Waals surface area contributed by atoms with Crippen LogP contribution in [0.15, 0.2) is 59.1 Å². The van der Waals surface area contributed by atoms with Crippen molar-refractivity contribution in [3.63, 3.8) is 0 Å². The van der Waals surface area contributed by atoms with Gasteiger partial charge in [-0.2, -0.15) is 9.36 Å². The highest BCUT2D eigenvalue weighted by molar-refractivity contribution is 7.09. The molecule has 0 spiro atoms. The van der Waals surface area contributed by atoms with Crippen LogP contribution in [0.25, 0.3) is 11.0 Å². The van der Waals surface area contributed by atoms with Gasteiger partial charge >= 0.3 is 6.03 Å². The van der Waals surface area contributed by atoms with Gasteiger partial charge in [0.2, 0.25) is 11.1 Å². The number of hydrogen-bond donors (Lipinski definition) is 1. The van der Waals surface area contributed by atoms with Gasteiger partial charge in [0.25, 0.3) is 0 Å². The van der Waals surface area contributed by atoms with Crippen LogP contribution in [0, 0.1) is 0 Å². The van der Waals surface area contributed by atoms with E-state index in [-0.39, 0.29) is 6.03 Å². The monoisotopic (exact) mass is 504 g/mol. The van der Waals surface area contributed by atoms with Gasteiger partial charge in [0.05, 0.1) is 5.39 Å². The van der Waals surface area contributed by atoms with Crippen LogP contribution < -0.4 is 15.1 Å². The lowest BCUT2D eigenvalue weighted by atomic mass is 10.2. The Hall–Kier alpha value is -3.70. The number of nitrogens with one attached hydrogen (secondary N) is 1. The average molecular weight is 505 g/mol. The molecule has 2 fully saturated rings. The van der Waals surface area contributed by atoms with Crippen LogP contribution in [0.5, 0.6) is 0 Å². The number of hydrogen-bond acceptors (Lipinski definition) is 9. The normalized spacial score (nSPS) is 17.1. The second kappa shape index (κ2) is 10.1. The molecule has 2 aromatic carbocycles. The van der Waals surface area contributed by atoms with Crippen LogP contribution in [-0.4, -0.2) is 82.7 Å². The van der Waals surface area contributed by atoms with Gasteiger partial charge in [-0.1, -0.05) is 47.6 Å². The predicted octanol–water partition coefficient (Wildman–Crippen LogP) is 3.36. The minimum absolute atomic E-state index is 0.167. The van der Waals surface area contributed by atoms with E-state index in [1.807, 2.05) is 24.3 Å². The summed E-state index contributed by atoms with van der Waals surface area (Å²) in [4.78, 5) is 26.4. The maximum absolute atomic E-state index is 12.8. The van der Waals surface area contributed by atoms with Crippen molar-refractivity contribution in [3.05, 3.63) is 60.2 Å². The number of anilines is 3. The maximum Gasteiger partial charge on any atom is 0.323 e. The summed E-state index contributed by atoms with van der Waals surface area (Å²) >= 11 is 1.44. The number of benzene rings is 2. The van der Waals surface area contributed by atoms with Gasteiger partial charge < -0.3 is 19.2 Å². The molecule has 2 saturated heterocycles. The number of para-hydroxylation sites is 1. The summed E-state index contributed by atoms with van der Waals surface area (Å²) in [7, 11) is 0. The van der Waals surface area contributed by atoms with E-state index in [1.165, 1.54) is 17.1 Å². The molecule has 2 aromatic heterocycles. The zero-order chi connectivity index (χ0) is 24.3. The molecule has 36 heavy (non-hydrogen) atoms. The SMILES string of the molecule is O=C(Nc1noc2ccccc12)N1CCN(c2nc(N3CCN(Cc4ccccc4)CC3)ns2)CC1. The molecule has 6 rings (SSSR count). The zero-order valence-corrected chi connectivity index (χ0v) is 20.7. The van der Waals surface area contributed by atoms with E-state index in [0.717, 1.165) is 49.2 Å². The molecule has 4 aromatic rings. The van der Waals surface area contributed by atoms with Gasteiger partial charge in [0.1, 0.15) is 0 Å². The Morgan fingerprint density at radius 2 is 1.61 bits per heavy atom. The lowest BCUT2D eigenvalue weighted by Crippen LogP contribution is -2.50. The van der Waals surface area contributed by atoms with E-state index in [9.17, 15) is 4.79 Å². The second-order valence-corrected chi connectivity index (χ2v) is 9.79. The van der Waals surface area contributed by atoms with Crippen LogP contribution in [-0.2, 0) is 6.54 Å². The minimum Gasteiger partial charge on any atom is -0.354 e. The summed E-state index contributed by atoms with van der Waals surface area (Å²) in [5.74, 6) is 1.27. The molecular formula is C25H28N8O2S. The Labute approximate surface area is 213 Å². The van der Waals surface area contributed by atoms with Crippen molar-refractivity contribution >= 4 is 45.4 Å². The molecule has 0 bridgehead atoms. The summed E-state index contributed by atoms with van der Waals surface area (Å²) in [5.41, 5.74) is 2.00. The first-order valence-electron chi connectivity index (χ1n) is 12.2. The van der Waals surface area contributed by atoms with Crippen LogP contribution in [0.4, 0.5) is 21.7 Å². The Morgan fingerprint density at radius 3 is 2.42 bits per heavy atom. The maximum atomic E-state index is 12.8. The fraction of sp³-hybridized carbons (Fsp3) is 0.360. The van der Waals surface area contributed by atoms with Crippen molar-refractivity contribution in [2.24, 2.45) is 0 Å². The second-order valence-electron chi connectivity index (χ2n) is 9.06. The van der Waals surface area contributed by atoms with Crippen molar-refractivity contribution in [3.8, 4) is 0 Å². The molecule has 0 unspecified atom stereocenters. The van der Waals surface area contributed by atoms with Gasteiger partial charge in [-0.3, -0.25) is 10.2 Å². The van der Waals surface area contributed by atoms with Crippen LogP contribution in [0.3, 0.4) is 0 Å². The molecule has 0 atom stereocenters. The topological polar surface area (TPSA) is 93.9 Å². The van der Waals surface area contributed by atoms with Crippen molar-refractivity contribution in [2.45, 2.75) is 6.54 Å². The first-order valence-corrected chi connectivity index (χ1v) is 13.0. The van der Waals surface area contributed by atoms with Gasteiger partial charge in [-0.25, -0.2) is 4.79 Å². The number of rotatable bonds is 5. The third-order valence-electron chi connectivity index (χ3n) is 6.75. The van der Waals surface area contributed by atoms with Gasteiger partial charge in [-0.05, 0) is 17.7 Å². The van der Waals surface area contributed by atoms with E-state index < -0.39 is 0 Å². The fourth-order valence-electron chi connectivity index (χ4n) is 4.67. The quantitative estimate of drug-likeness (QED) is 0.442. The molecule has 186 valence electrons. The summed E-state index contributed by atoms with van der Waals surface area (Å²) < 4.78 is 9.93. The number of urea groups is 1. The summed E-state index contributed by atoms with van der Waals surface area (Å²) in [6, 6.07) is 17.9. The smallest absolute Gasteiger partial charge is 0.323 e. The third-order valence-corrected chi connectivity index (χ3v) is 7.52. The number of fused-ring (bicyclic) bond motifs is 1. The third kappa shape index (κ3) is 4.84. The zero-order valence-electron chi connectivity index (χ0n) is 19.9. The van der Waals surface area contributed by atoms with Gasteiger partial charge in [0, 0.05) is 70.4 Å². The predicted molar refractivity (Wildman–Crippen MR) is 141 cm³/mol. The first-order chi connectivity index (χ1) is 17.7. The number of amides is 2. The van der Waals surface area contributed by atoms with Crippen LogP contribution in [0.2, 0.25) is 0 Å². The minimum atomic E-state index is -0.167. The number of aromatic nitrogens is 3. The fourth-order valence-corrected chi connectivity index (χ4v) is 5.41. The molecule has 2 aliphatic heterocycles. The first kappa shape index (κ1) is 22.7. The van der Waals surface area contributed by atoms with Gasteiger partial charge in [0.15, 0.2) is 11.4 Å². The Morgan fingerprint density at radius 1 is 0.889 bits per heavy atom. The molecule has 0 saturated carbocycles.